The number of halogens is 2. The van der Waals surface area contributed by atoms with E-state index in [1.165, 1.54) is 0 Å². The molecular weight excluding hydrogens is 398 g/mol. The lowest BCUT2D eigenvalue weighted by Crippen LogP contribution is -2.05. The predicted molar refractivity (Wildman–Crippen MR) is 92.3 cm³/mol. The van der Waals surface area contributed by atoms with Gasteiger partial charge in [-0.3, -0.25) is 0 Å². The largest absolute Gasteiger partial charge is 0.454 e. The highest BCUT2D eigenvalue weighted by Crippen LogP contribution is 2.38. The monoisotopic (exact) mass is 405 g/mol. The topological polar surface area (TPSA) is 57.1 Å². The van der Waals surface area contributed by atoms with E-state index in [1.807, 2.05) is 0 Å². The van der Waals surface area contributed by atoms with Crippen LogP contribution in [0.15, 0.2) is 51.6 Å². The minimum Gasteiger partial charge on any atom is -0.454 e. The molecule has 0 saturated heterocycles. The normalized spacial score (nSPS) is 17.2. The molecular formula is C17H9BrClNO4. The van der Waals surface area contributed by atoms with Gasteiger partial charge in [0, 0.05) is 15.1 Å². The van der Waals surface area contributed by atoms with Gasteiger partial charge >= 0.3 is 5.97 Å². The molecule has 0 bridgehead atoms. The zero-order valence-electron chi connectivity index (χ0n) is 12.1. The molecule has 0 aliphatic carbocycles. The van der Waals surface area contributed by atoms with E-state index in [0.717, 1.165) is 10.0 Å². The summed E-state index contributed by atoms with van der Waals surface area (Å²) in [7, 11) is 0. The Labute approximate surface area is 150 Å². The zero-order valence-corrected chi connectivity index (χ0v) is 14.4. The molecule has 0 N–H and O–H groups in total. The number of ether oxygens (including phenoxy) is 3. The number of hydrogen-bond acceptors (Lipinski definition) is 5. The number of cyclic esters (lactones) is 1. The van der Waals surface area contributed by atoms with Gasteiger partial charge in [-0.15, -0.1) is 0 Å². The van der Waals surface area contributed by atoms with Crippen molar-refractivity contribution in [3.05, 3.63) is 62.7 Å². The second-order valence-electron chi connectivity index (χ2n) is 5.07. The quantitative estimate of drug-likeness (QED) is 0.555. The molecule has 2 aliphatic heterocycles. The van der Waals surface area contributed by atoms with Gasteiger partial charge in [0.2, 0.25) is 12.7 Å². The van der Waals surface area contributed by atoms with Crippen molar-refractivity contribution in [2.24, 2.45) is 4.99 Å². The van der Waals surface area contributed by atoms with Gasteiger partial charge in [0.15, 0.2) is 17.2 Å². The molecule has 0 radical (unpaired) electrons. The van der Waals surface area contributed by atoms with Crippen LogP contribution in [0.25, 0.3) is 6.08 Å². The van der Waals surface area contributed by atoms with E-state index in [4.69, 9.17) is 25.8 Å². The number of carbonyl (C=O) groups excluding carboxylic acids is 1. The third-order valence-electron chi connectivity index (χ3n) is 3.50. The number of esters is 1. The smallest absolute Gasteiger partial charge is 0.363 e. The van der Waals surface area contributed by atoms with Crippen molar-refractivity contribution in [1.29, 1.82) is 0 Å². The molecule has 2 aliphatic rings. The predicted octanol–water partition coefficient (Wildman–Crippen LogP) is 4.18. The van der Waals surface area contributed by atoms with Crippen molar-refractivity contribution in [3.8, 4) is 11.5 Å². The van der Waals surface area contributed by atoms with Gasteiger partial charge in [-0.05, 0) is 48.0 Å². The van der Waals surface area contributed by atoms with Crippen LogP contribution >= 0.6 is 27.5 Å². The van der Waals surface area contributed by atoms with E-state index in [9.17, 15) is 4.79 Å². The highest BCUT2D eigenvalue weighted by molar-refractivity contribution is 9.10. The summed E-state index contributed by atoms with van der Waals surface area (Å²) in [4.78, 5) is 16.3. The molecule has 4 rings (SSSR count). The highest BCUT2D eigenvalue weighted by Gasteiger charge is 2.25. The number of aliphatic imine (C=N–C) groups is 1. The Morgan fingerprint density at radius 1 is 1.12 bits per heavy atom. The van der Waals surface area contributed by atoms with Crippen molar-refractivity contribution in [2.75, 3.05) is 6.79 Å². The van der Waals surface area contributed by atoms with Crippen LogP contribution in [-0.2, 0) is 9.53 Å². The molecule has 5 nitrogen and oxygen atoms in total. The Balaban J connectivity index is 1.70. The molecule has 0 amide bonds. The fraction of sp³-hybridized carbons (Fsp3) is 0.0588. The third-order valence-corrected chi connectivity index (χ3v) is 4.43. The van der Waals surface area contributed by atoms with Gasteiger partial charge < -0.3 is 14.2 Å². The second kappa shape index (κ2) is 5.96. The average molecular weight is 407 g/mol. The van der Waals surface area contributed by atoms with Crippen LogP contribution in [-0.4, -0.2) is 18.7 Å². The number of carbonyl (C=O) groups is 1. The first-order valence-electron chi connectivity index (χ1n) is 6.98. The van der Waals surface area contributed by atoms with Crippen molar-refractivity contribution >= 4 is 45.5 Å². The molecule has 24 heavy (non-hydrogen) atoms. The molecule has 120 valence electrons. The van der Waals surface area contributed by atoms with Crippen LogP contribution in [0.2, 0.25) is 5.02 Å². The maximum Gasteiger partial charge on any atom is 0.363 e. The first-order chi connectivity index (χ1) is 11.6. The van der Waals surface area contributed by atoms with E-state index in [2.05, 4.69) is 20.9 Å². The maximum absolute atomic E-state index is 12.1. The number of benzene rings is 2. The van der Waals surface area contributed by atoms with Crippen LogP contribution in [0, 0.1) is 0 Å². The van der Waals surface area contributed by atoms with Gasteiger partial charge in [0.05, 0.1) is 0 Å². The molecule has 0 aromatic heterocycles. The lowest BCUT2D eigenvalue weighted by atomic mass is 10.1. The Bertz CT molecular complexity index is 906. The number of fused-ring (bicyclic) bond motifs is 1. The standard InChI is InChI=1S/C17H9BrClNO4/c18-12-7-15-14(22-8-23-15)6-10(12)5-13-17(21)24-16(20-13)9-1-3-11(19)4-2-9/h1-7H,8H2/b13-5-. The molecule has 2 heterocycles. The summed E-state index contributed by atoms with van der Waals surface area (Å²) >= 11 is 9.31. The molecule has 0 spiro atoms. The van der Waals surface area contributed by atoms with E-state index < -0.39 is 5.97 Å². The third kappa shape index (κ3) is 2.79. The summed E-state index contributed by atoms with van der Waals surface area (Å²) in [5.41, 5.74) is 1.63. The summed E-state index contributed by atoms with van der Waals surface area (Å²) in [5, 5.41) is 0.601. The zero-order chi connectivity index (χ0) is 16.7. The minimum absolute atomic E-state index is 0.183. The molecule has 0 fully saturated rings. The van der Waals surface area contributed by atoms with Crippen LogP contribution in [0.5, 0.6) is 11.5 Å². The first kappa shape index (κ1) is 15.2. The van der Waals surface area contributed by atoms with Crippen molar-refractivity contribution in [1.82, 2.24) is 0 Å². The maximum atomic E-state index is 12.1. The first-order valence-corrected chi connectivity index (χ1v) is 8.15. The molecule has 2 aromatic rings. The summed E-state index contributed by atoms with van der Waals surface area (Å²) in [6.45, 7) is 0.183. The summed E-state index contributed by atoms with van der Waals surface area (Å²) in [5.74, 6) is 1.02. The number of rotatable bonds is 2. The van der Waals surface area contributed by atoms with Crippen LogP contribution in [0.1, 0.15) is 11.1 Å². The Kier molecular flexibility index (Phi) is 3.78. The summed E-state index contributed by atoms with van der Waals surface area (Å²) in [6.07, 6.45) is 1.64. The summed E-state index contributed by atoms with van der Waals surface area (Å²) < 4.78 is 16.7. The van der Waals surface area contributed by atoms with Gasteiger partial charge in [0.25, 0.3) is 0 Å². The van der Waals surface area contributed by atoms with Gasteiger partial charge in [-0.25, -0.2) is 9.79 Å². The van der Waals surface area contributed by atoms with E-state index in [1.54, 1.807) is 42.5 Å². The lowest BCUT2D eigenvalue weighted by Gasteiger charge is -2.02. The Morgan fingerprint density at radius 3 is 2.58 bits per heavy atom. The van der Waals surface area contributed by atoms with E-state index in [0.29, 0.717) is 22.1 Å². The highest BCUT2D eigenvalue weighted by atomic mass is 79.9. The van der Waals surface area contributed by atoms with Crippen LogP contribution in [0.3, 0.4) is 0 Å². The number of hydrogen-bond donors (Lipinski definition) is 0. The van der Waals surface area contributed by atoms with E-state index >= 15 is 0 Å². The van der Waals surface area contributed by atoms with Crippen LogP contribution < -0.4 is 9.47 Å². The fourth-order valence-electron chi connectivity index (χ4n) is 2.32. The van der Waals surface area contributed by atoms with Crippen LogP contribution in [0.4, 0.5) is 0 Å². The molecule has 0 unspecified atom stereocenters. The van der Waals surface area contributed by atoms with Crippen molar-refractivity contribution in [2.45, 2.75) is 0 Å². The van der Waals surface area contributed by atoms with Crippen molar-refractivity contribution < 1.29 is 19.0 Å². The summed E-state index contributed by atoms with van der Waals surface area (Å²) in [6, 6.07) is 10.5. The SMILES string of the molecule is O=C1OC(c2ccc(Cl)cc2)=N/C1=C\c1cc2c(cc1Br)OCO2. The van der Waals surface area contributed by atoms with Gasteiger partial charge in [-0.2, -0.15) is 0 Å². The van der Waals surface area contributed by atoms with E-state index in [-0.39, 0.29) is 18.4 Å². The Hall–Kier alpha value is -2.31. The fourth-order valence-corrected chi connectivity index (χ4v) is 2.88. The Morgan fingerprint density at radius 2 is 1.83 bits per heavy atom. The van der Waals surface area contributed by atoms with Crippen molar-refractivity contribution in [3.63, 3.8) is 0 Å². The van der Waals surface area contributed by atoms with Gasteiger partial charge in [0.1, 0.15) is 0 Å². The minimum atomic E-state index is -0.510. The lowest BCUT2D eigenvalue weighted by molar-refractivity contribution is -0.129. The molecule has 2 aromatic carbocycles. The van der Waals surface area contributed by atoms with Gasteiger partial charge in [-0.1, -0.05) is 27.5 Å². The average Bonchev–Trinajstić information content (AvgIpc) is 3.15. The molecule has 7 heteroatoms. The number of nitrogens with zero attached hydrogens (tertiary/aromatic N) is 1. The second-order valence-corrected chi connectivity index (χ2v) is 6.36. The molecule has 0 saturated carbocycles. The molecule has 0 atom stereocenters.